The largest absolute Gasteiger partial charge is 0.415 e. The van der Waals surface area contributed by atoms with Crippen molar-refractivity contribution >= 4 is 34.8 Å². The lowest BCUT2D eigenvalue weighted by Gasteiger charge is -2.36. The van der Waals surface area contributed by atoms with Gasteiger partial charge >= 0.3 is 0 Å². The molecule has 1 rings (SSSR count). The van der Waals surface area contributed by atoms with Crippen LogP contribution < -0.4 is 5.14 Å². The smallest absolute Gasteiger partial charge is 0.195 e. The van der Waals surface area contributed by atoms with Crippen molar-refractivity contribution in [2.24, 2.45) is 9.17 Å². The first kappa shape index (κ1) is 32.7. The normalized spacial score (nSPS) is 16.3. The summed E-state index contributed by atoms with van der Waals surface area (Å²) in [6.07, 6.45) is 0. The van der Waals surface area contributed by atoms with Crippen LogP contribution in [0.5, 0.6) is 0 Å². The van der Waals surface area contributed by atoms with Crippen LogP contribution in [0.15, 0.2) is 15.1 Å². The first-order valence-corrected chi connectivity index (χ1v) is 23.0. The lowest BCUT2D eigenvalue weighted by atomic mass is 10.2. The SMILES string of the molecule is CC(C)(C)[Si](C)(C)N=S(N)(=O)c1cc(CO[Si](C)(C)C(C)(C)C)n(CCO[Si](C)(C)C(C)(C)C)n1. The van der Waals surface area contributed by atoms with Crippen molar-refractivity contribution in [3.63, 3.8) is 0 Å². The molecule has 1 heterocycles. The van der Waals surface area contributed by atoms with Crippen LogP contribution >= 0.6 is 0 Å². The van der Waals surface area contributed by atoms with E-state index in [-0.39, 0.29) is 15.1 Å². The Morgan fingerprint density at radius 3 is 1.77 bits per heavy atom. The van der Waals surface area contributed by atoms with Gasteiger partial charge in [0.15, 0.2) is 29.9 Å². The summed E-state index contributed by atoms with van der Waals surface area (Å²) in [4.78, 5) is 0. The van der Waals surface area contributed by atoms with Crippen LogP contribution in [0.1, 0.15) is 68.0 Å². The molecule has 0 amide bonds. The molecule has 1 aromatic rings. The topological polar surface area (TPSA) is 91.7 Å². The highest BCUT2D eigenvalue weighted by Crippen LogP contribution is 2.39. The van der Waals surface area contributed by atoms with E-state index in [1.807, 2.05) is 10.7 Å². The van der Waals surface area contributed by atoms with E-state index in [9.17, 15) is 4.21 Å². The van der Waals surface area contributed by atoms with Crippen molar-refractivity contribution in [1.82, 2.24) is 9.78 Å². The number of rotatable bonds is 9. The molecule has 35 heavy (non-hydrogen) atoms. The van der Waals surface area contributed by atoms with Gasteiger partial charge in [-0.05, 0) is 54.4 Å². The van der Waals surface area contributed by atoms with Gasteiger partial charge in [-0.3, -0.25) is 8.71 Å². The Morgan fingerprint density at radius 1 is 0.886 bits per heavy atom. The van der Waals surface area contributed by atoms with Crippen LogP contribution in [0.3, 0.4) is 0 Å². The molecular weight excluding hydrogens is 509 g/mol. The fraction of sp³-hybridized carbons (Fsp3) is 0.875. The highest BCUT2D eigenvalue weighted by molar-refractivity contribution is 7.92. The van der Waals surface area contributed by atoms with E-state index in [1.165, 1.54) is 0 Å². The fourth-order valence-electron chi connectivity index (χ4n) is 2.48. The fourth-order valence-corrected chi connectivity index (χ4v) is 9.16. The molecule has 1 aromatic heterocycles. The third-order valence-corrected chi connectivity index (χ3v) is 24.7. The van der Waals surface area contributed by atoms with Crippen molar-refractivity contribution in [3.05, 3.63) is 11.8 Å². The summed E-state index contributed by atoms with van der Waals surface area (Å²) in [6.45, 7) is 34.4. The Bertz CT molecular complexity index is 991. The van der Waals surface area contributed by atoms with Crippen molar-refractivity contribution in [2.75, 3.05) is 6.61 Å². The van der Waals surface area contributed by atoms with Gasteiger partial charge in [-0.15, -0.1) is 0 Å². The molecule has 0 spiro atoms. The predicted octanol–water partition coefficient (Wildman–Crippen LogP) is 7.13. The molecule has 206 valence electrons. The first-order valence-electron chi connectivity index (χ1n) is 12.6. The Hall–Kier alpha value is -0.309. The van der Waals surface area contributed by atoms with Gasteiger partial charge in [0, 0.05) is 6.07 Å². The van der Waals surface area contributed by atoms with E-state index in [4.69, 9.17) is 23.1 Å². The Kier molecular flexibility index (Phi) is 9.77. The van der Waals surface area contributed by atoms with E-state index in [2.05, 4.69) is 102 Å². The molecule has 0 aliphatic carbocycles. The molecule has 0 fully saturated rings. The Balaban J connectivity index is 3.38. The molecule has 0 aliphatic rings. The zero-order valence-electron chi connectivity index (χ0n) is 25.3. The average Bonchev–Trinajstić information content (AvgIpc) is 3.00. The second-order valence-electron chi connectivity index (χ2n) is 14.3. The summed E-state index contributed by atoms with van der Waals surface area (Å²) in [7, 11) is -9.25. The zero-order valence-corrected chi connectivity index (χ0v) is 29.1. The minimum atomic E-state index is -3.13. The van der Waals surface area contributed by atoms with Crippen molar-refractivity contribution in [3.8, 4) is 0 Å². The lowest BCUT2D eigenvalue weighted by Crippen LogP contribution is -2.41. The number of nitrogens with two attached hydrogens (primary N) is 1. The van der Waals surface area contributed by atoms with Crippen LogP contribution in [0.4, 0.5) is 0 Å². The number of aromatic nitrogens is 2. The van der Waals surface area contributed by atoms with Crippen LogP contribution in [-0.2, 0) is 31.9 Å². The molecule has 0 aromatic carbocycles. The zero-order chi connectivity index (χ0) is 27.9. The molecule has 0 radical (unpaired) electrons. The highest BCUT2D eigenvalue weighted by Gasteiger charge is 2.39. The number of hydrogen-bond donors (Lipinski definition) is 1. The van der Waals surface area contributed by atoms with E-state index < -0.39 is 34.8 Å². The summed E-state index contributed by atoms with van der Waals surface area (Å²) in [6, 6.07) is 1.83. The van der Waals surface area contributed by atoms with Crippen molar-refractivity contribution < 1.29 is 13.1 Å². The third kappa shape index (κ3) is 8.34. The maximum absolute atomic E-state index is 13.7. The van der Waals surface area contributed by atoms with Gasteiger partial charge in [0.05, 0.1) is 25.5 Å². The Labute approximate surface area is 219 Å². The van der Waals surface area contributed by atoms with E-state index in [1.54, 1.807) is 0 Å². The molecule has 11 heteroatoms. The van der Waals surface area contributed by atoms with Crippen molar-refractivity contribution in [1.29, 1.82) is 0 Å². The quantitative estimate of drug-likeness (QED) is 0.324. The molecule has 1 unspecified atom stereocenters. The monoisotopic (exact) mass is 562 g/mol. The lowest BCUT2D eigenvalue weighted by molar-refractivity contribution is 0.242. The molecule has 1 atom stereocenters. The van der Waals surface area contributed by atoms with E-state index in [0.717, 1.165) is 5.69 Å². The summed E-state index contributed by atoms with van der Waals surface area (Å²) in [5.41, 5.74) is 0.868. The average molecular weight is 563 g/mol. The minimum absolute atomic E-state index is 0.0666. The maximum Gasteiger partial charge on any atom is 0.195 e. The van der Waals surface area contributed by atoms with Gasteiger partial charge in [0.25, 0.3) is 0 Å². The summed E-state index contributed by atoms with van der Waals surface area (Å²) in [5, 5.41) is 11.6. The summed E-state index contributed by atoms with van der Waals surface area (Å²) < 4.78 is 33.2. The second kappa shape index (κ2) is 10.5. The second-order valence-corrected chi connectivity index (χ2v) is 30.8. The number of hydrogen-bond acceptors (Lipinski definition) is 5. The number of nitrogens with zero attached hydrogens (tertiary/aromatic N) is 3. The molecule has 0 bridgehead atoms. The third-order valence-electron chi connectivity index (χ3n) is 8.30. The van der Waals surface area contributed by atoms with Crippen molar-refractivity contribution in [2.45, 2.75) is 135 Å². The molecule has 0 saturated carbocycles. The summed E-state index contributed by atoms with van der Waals surface area (Å²) in [5.74, 6) is 0. The molecule has 7 nitrogen and oxygen atoms in total. The Morgan fingerprint density at radius 2 is 1.34 bits per heavy atom. The minimum Gasteiger partial charge on any atom is -0.415 e. The van der Waals surface area contributed by atoms with Gasteiger partial charge in [0.1, 0.15) is 9.92 Å². The van der Waals surface area contributed by atoms with E-state index >= 15 is 0 Å². The standard InChI is InChI=1S/C24H54N4O3SSi3/c1-22(2,3)33(10,11)27-32(25,29)21-18-20(19-31-35(14,15)24(7,8)9)28(26-21)16-17-30-34(12,13)23(4,5)6/h18H,16-17,19H2,1-15H3,(H2,25,27,29). The van der Waals surface area contributed by atoms with Gasteiger partial charge in [-0.2, -0.15) is 5.10 Å². The molecule has 2 N–H and O–H groups in total. The molecule has 0 aliphatic heterocycles. The predicted molar refractivity (Wildman–Crippen MR) is 158 cm³/mol. The van der Waals surface area contributed by atoms with Crippen LogP contribution in [0.2, 0.25) is 54.4 Å². The van der Waals surface area contributed by atoms with Crippen LogP contribution in [0, 0.1) is 0 Å². The van der Waals surface area contributed by atoms with Crippen LogP contribution in [0.25, 0.3) is 0 Å². The maximum atomic E-state index is 13.7. The molecule has 0 saturated heterocycles. The van der Waals surface area contributed by atoms with Gasteiger partial charge in [0.2, 0.25) is 0 Å². The van der Waals surface area contributed by atoms with Crippen LogP contribution in [-0.4, -0.2) is 45.5 Å². The van der Waals surface area contributed by atoms with Gasteiger partial charge in [-0.25, -0.2) is 9.35 Å². The van der Waals surface area contributed by atoms with Gasteiger partial charge in [-0.1, -0.05) is 62.3 Å². The summed E-state index contributed by atoms with van der Waals surface area (Å²) >= 11 is 0. The first-order chi connectivity index (χ1) is 15.2. The highest BCUT2D eigenvalue weighted by atomic mass is 32.2. The van der Waals surface area contributed by atoms with E-state index in [0.29, 0.717) is 24.8 Å². The molecular formula is C24H54N4O3SSi3. The van der Waals surface area contributed by atoms with Gasteiger partial charge < -0.3 is 8.85 Å².